The molecule has 0 unspecified atom stereocenters. The van der Waals surface area contributed by atoms with E-state index in [0.717, 1.165) is 28.2 Å². The lowest BCUT2D eigenvalue weighted by Crippen LogP contribution is -2.12. The Balaban J connectivity index is 2.49. The van der Waals surface area contributed by atoms with Gasteiger partial charge in [0.15, 0.2) is 0 Å². The van der Waals surface area contributed by atoms with Gasteiger partial charge in [-0.3, -0.25) is 4.79 Å². The third-order valence-electron chi connectivity index (χ3n) is 3.43. The lowest BCUT2D eigenvalue weighted by atomic mass is 10.0. The molecule has 1 aromatic carbocycles. The van der Waals surface area contributed by atoms with Crippen LogP contribution in [-0.2, 0) is 14.3 Å². The number of amides is 1. The number of benzene rings is 1. The van der Waals surface area contributed by atoms with Gasteiger partial charge in [0.05, 0.1) is 7.11 Å². The van der Waals surface area contributed by atoms with Crippen LogP contribution in [0.2, 0.25) is 0 Å². The van der Waals surface area contributed by atoms with E-state index in [1.165, 1.54) is 18.4 Å². The first-order valence-corrected chi connectivity index (χ1v) is 8.16. The number of aryl methyl sites for hydroxylation is 2. The largest absolute Gasteiger partial charge is 0.478 e. The van der Waals surface area contributed by atoms with Crippen molar-refractivity contribution in [3.05, 3.63) is 52.4 Å². The fourth-order valence-corrected chi connectivity index (χ4v) is 3.37. The van der Waals surface area contributed by atoms with Gasteiger partial charge in [-0.1, -0.05) is 29.8 Å². The van der Waals surface area contributed by atoms with E-state index in [2.05, 4.69) is 5.32 Å². The van der Waals surface area contributed by atoms with Gasteiger partial charge in [0, 0.05) is 22.6 Å². The van der Waals surface area contributed by atoms with Gasteiger partial charge in [0.1, 0.15) is 10.6 Å². The maximum Gasteiger partial charge on any atom is 0.341 e. The number of carbonyl (C=O) groups excluding carboxylic acids is 2. The minimum atomic E-state index is -1.23. The SMILES string of the molecule is COC(=O)c1c(NC(=O)C=CC(=O)O)sc(C)c1-c1ccc(C)cc1. The summed E-state index contributed by atoms with van der Waals surface area (Å²) in [5.41, 5.74) is 2.87. The molecule has 0 aliphatic rings. The Morgan fingerprint density at radius 1 is 1.12 bits per heavy atom. The molecule has 2 rings (SSSR count). The van der Waals surface area contributed by atoms with Gasteiger partial charge < -0.3 is 15.2 Å². The Labute approximate surface area is 148 Å². The molecular formula is C18H17NO5S. The van der Waals surface area contributed by atoms with Gasteiger partial charge >= 0.3 is 11.9 Å². The van der Waals surface area contributed by atoms with E-state index in [0.29, 0.717) is 10.6 Å². The third-order valence-corrected chi connectivity index (χ3v) is 4.45. The number of hydrogen-bond acceptors (Lipinski definition) is 5. The number of ether oxygens (including phenoxy) is 1. The van der Waals surface area contributed by atoms with E-state index < -0.39 is 17.8 Å². The first-order chi connectivity index (χ1) is 11.8. The normalized spacial score (nSPS) is 10.7. The van der Waals surface area contributed by atoms with Crippen molar-refractivity contribution in [2.75, 3.05) is 12.4 Å². The maximum atomic E-state index is 12.3. The lowest BCUT2D eigenvalue weighted by molar-refractivity contribution is -0.131. The van der Waals surface area contributed by atoms with Gasteiger partial charge in [-0.2, -0.15) is 0 Å². The van der Waals surface area contributed by atoms with Crippen LogP contribution in [0.3, 0.4) is 0 Å². The van der Waals surface area contributed by atoms with Gasteiger partial charge in [-0.15, -0.1) is 11.3 Å². The fourth-order valence-electron chi connectivity index (χ4n) is 2.30. The molecule has 0 bridgehead atoms. The first kappa shape index (κ1) is 18.4. The topological polar surface area (TPSA) is 92.7 Å². The number of anilines is 1. The molecule has 1 amide bonds. The highest BCUT2D eigenvalue weighted by Gasteiger charge is 2.24. The smallest absolute Gasteiger partial charge is 0.341 e. The van der Waals surface area contributed by atoms with Crippen LogP contribution in [0, 0.1) is 13.8 Å². The molecule has 1 heterocycles. The summed E-state index contributed by atoms with van der Waals surface area (Å²) in [5.74, 6) is -2.44. The molecule has 0 radical (unpaired) electrons. The number of carboxylic acids is 1. The van der Waals surface area contributed by atoms with Crippen molar-refractivity contribution >= 4 is 34.2 Å². The highest BCUT2D eigenvalue weighted by Crippen LogP contribution is 2.40. The Hall–Kier alpha value is -2.93. The molecule has 0 saturated heterocycles. The summed E-state index contributed by atoms with van der Waals surface area (Å²) in [6.45, 7) is 3.81. The van der Waals surface area contributed by atoms with Crippen LogP contribution in [0.5, 0.6) is 0 Å². The molecule has 6 nitrogen and oxygen atoms in total. The van der Waals surface area contributed by atoms with Gasteiger partial charge in [0.2, 0.25) is 5.91 Å². The average Bonchev–Trinajstić information content (AvgIpc) is 2.89. The standard InChI is InChI=1S/C18H17NO5S/c1-10-4-6-12(7-5-10)15-11(2)25-17(16(15)18(23)24-3)19-13(20)8-9-14(21)22/h4-9H,1-3H3,(H,19,20)(H,21,22). The number of rotatable bonds is 5. The van der Waals surface area contributed by atoms with Crippen LogP contribution in [0.4, 0.5) is 5.00 Å². The summed E-state index contributed by atoms with van der Waals surface area (Å²) < 4.78 is 4.86. The predicted octanol–water partition coefficient (Wildman–Crippen LogP) is 3.40. The van der Waals surface area contributed by atoms with Crippen molar-refractivity contribution in [2.24, 2.45) is 0 Å². The first-order valence-electron chi connectivity index (χ1n) is 7.34. The minimum absolute atomic E-state index is 0.255. The van der Waals surface area contributed by atoms with Crippen molar-refractivity contribution < 1.29 is 24.2 Å². The van der Waals surface area contributed by atoms with E-state index in [1.54, 1.807) is 0 Å². The number of nitrogens with one attached hydrogen (secondary N) is 1. The van der Waals surface area contributed by atoms with E-state index >= 15 is 0 Å². The van der Waals surface area contributed by atoms with Gasteiger partial charge in [0.25, 0.3) is 0 Å². The van der Waals surface area contributed by atoms with E-state index in [1.807, 2.05) is 38.1 Å². The fraction of sp³-hybridized carbons (Fsp3) is 0.167. The number of carbonyl (C=O) groups is 3. The van der Waals surface area contributed by atoms with Gasteiger partial charge in [-0.05, 0) is 19.4 Å². The van der Waals surface area contributed by atoms with Crippen molar-refractivity contribution in [3.63, 3.8) is 0 Å². The number of aliphatic carboxylic acids is 1. The summed E-state index contributed by atoms with van der Waals surface area (Å²) >= 11 is 1.23. The second-order valence-electron chi connectivity index (χ2n) is 5.26. The quantitative estimate of drug-likeness (QED) is 0.630. The molecular weight excluding hydrogens is 342 g/mol. The molecule has 0 saturated carbocycles. The van der Waals surface area contributed by atoms with E-state index in [4.69, 9.17) is 9.84 Å². The monoisotopic (exact) mass is 359 g/mol. The number of esters is 1. The lowest BCUT2D eigenvalue weighted by Gasteiger charge is -2.07. The summed E-state index contributed by atoms with van der Waals surface area (Å²) in [4.78, 5) is 35.5. The van der Waals surface area contributed by atoms with Crippen molar-refractivity contribution in [1.29, 1.82) is 0 Å². The maximum absolute atomic E-state index is 12.3. The molecule has 2 N–H and O–H groups in total. The van der Waals surface area contributed by atoms with E-state index in [-0.39, 0.29) is 5.56 Å². The second kappa shape index (κ2) is 7.76. The summed E-state index contributed by atoms with van der Waals surface area (Å²) in [6.07, 6.45) is 1.62. The van der Waals surface area contributed by atoms with Crippen LogP contribution in [0.1, 0.15) is 20.8 Å². The zero-order chi connectivity index (χ0) is 18.6. The molecule has 25 heavy (non-hydrogen) atoms. The molecule has 2 aromatic rings. The van der Waals surface area contributed by atoms with Crippen LogP contribution in [0.15, 0.2) is 36.4 Å². The summed E-state index contributed by atoms with van der Waals surface area (Å²) in [7, 11) is 1.27. The second-order valence-corrected chi connectivity index (χ2v) is 6.48. The molecule has 0 aliphatic carbocycles. The van der Waals surface area contributed by atoms with Crippen molar-refractivity contribution in [2.45, 2.75) is 13.8 Å². The zero-order valence-electron chi connectivity index (χ0n) is 14.0. The van der Waals surface area contributed by atoms with Crippen LogP contribution >= 0.6 is 11.3 Å². The zero-order valence-corrected chi connectivity index (χ0v) is 14.8. The van der Waals surface area contributed by atoms with Crippen LogP contribution < -0.4 is 5.32 Å². The molecule has 0 fully saturated rings. The van der Waals surface area contributed by atoms with E-state index in [9.17, 15) is 14.4 Å². The number of methoxy groups -OCH3 is 1. The molecule has 0 spiro atoms. The summed E-state index contributed by atoms with van der Waals surface area (Å²) in [6, 6.07) is 7.65. The number of carboxylic acid groups (broad SMARTS) is 1. The van der Waals surface area contributed by atoms with Crippen LogP contribution in [0.25, 0.3) is 11.1 Å². The molecule has 0 aliphatic heterocycles. The highest BCUT2D eigenvalue weighted by molar-refractivity contribution is 7.17. The van der Waals surface area contributed by atoms with Crippen molar-refractivity contribution in [1.82, 2.24) is 0 Å². The Morgan fingerprint density at radius 3 is 2.32 bits per heavy atom. The predicted molar refractivity (Wildman–Crippen MR) is 96.0 cm³/mol. The summed E-state index contributed by atoms with van der Waals surface area (Å²) in [5, 5.41) is 11.5. The molecule has 0 atom stereocenters. The Kier molecular flexibility index (Phi) is 5.71. The number of thiophene rings is 1. The van der Waals surface area contributed by atoms with Gasteiger partial charge in [-0.25, -0.2) is 9.59 Å². The average molecular weight is 359 g/mol. The number of hydrogen-bond donors (Lipinski definition) is 2. The van der Waals surface area contributed by atoms with Crippen molar-refractivity contribution in [3.8, 4) is 11.1 Å². The Bertz CT molecular complexity index is 849. The molecule has 1 aromatic heterocycles. The third kappa shape index (κ3) is 4.33. The highest BCUT2D eigenvalue weighted by atomic mass is 32.1. The van der Waals surface area contributed by atoms with Crippen LogP contribution in [-0.4, -0.2) is 30.1 Å². The molecule has 130 valence electrons. The Morgan fingerprint density at radius 2 is 1.76 bits per heavy atom. The molecule has 7 heteroatoms. The minimum Gasteiger partial charge on any atom is -0.478 e.